The van der Waals surface area contributed by atoms with E-state index in [0.29, 0.717) is 41.0 Å². The smallest absolute Gasteiger partial charge is 0.285 e. The summed E-state index contributed by atoms with van der Waals surface area (Å²) in [5.74, 6) is 1.11. The summed E-state index contributed by atoms with van der Waals surface area (Å²) in [5.41, 5.74) is 3.17. The van der Waals surface area contributed by atoms with Crippen LogP contribution >= 0.6 is 23.2 Å². The maximum absolute atomic E-state index is 11.3. The number of nitrogens with zero attached hydrogens (tertiary/aromatic N) is 2. The highest BCUT2D eigenvalue weighted by Crippen LogP contribution is 2.37. The van der Waals surface area contributed by atoms with E-state index in [1.165, 1.54) is 12.4 Å². The number of benzene rings is 1. The predicted octanol–water partition coefficient (Wildman–Crippen LogP) is 2.68. The van der Waals surface area contributed by atoms with Crippen molar-refractivity contribution in [3.05, 3.63) is 44.3 Å². The molecule has 1 aromatic carbocycles. The zero-order valence-electron chi connectivity index (χ0n) is 11.8. The predicted molar refractivity (Wildman–Crippen MR) is 88.1 cm³/mol. The second-order valence-electron chi connectivity index (χ2n) is 4.68. The van der Waals surface area contributed by atoms with Crippen molar-refractivity contribution in [3.8, 4) is 11.5 Å². The molecule has 1 aromatic heterocycles. The van der Waals surface area contributed by atoms with Crippen LogP contribution in [0.25, 0.3) is 0 Å². The van der Waals surface area contributed by atoms with Crippen LogP contribution in [0.1, 0.15) is 12.0 Å². The highest BCUT2D eigenvalue weighted by Gasteiger charge is 2.15. The van der Waals surface area contributed by atoms with Crippen LogP contribution in [0, 0.1) is 0 Å². The molecule has 0 radical (unpaired) electrons. The summed E-state index contributed by atoms with van der Waals surface area (Å²) in [4.78, 5) is 11.3. The number of ether oxygens (including phenoxy) is 2. The third-order valence-corrected chi connectivity index (χ3v) is 3.67. The zero-order valence-corrected chi connectivity index (χ0v) is 13.3. The molecule has 2 heterocycles. The first-order valence-electron chi connectivity index (χ1n) is 6.76. The number of aromatic amines is 1. The van der Waals surface area contributed by atoms with E-state index in [-0.39, 0.29) is 5.02 Å². The molecular formula is C14H12Cl2N4O3. The van der Waals surface area contributed by atoms with Gasteiger partial charge in [-0.3, -0.25) is 10.2 Å². The molecule has 2 N–H and O–H groups in total. The Morgan fingerprint density at radius 1 is 1.30 bits per heavy atom. The number of nitrogens with one attached hydrogen (secondary N) is 2. The quantitative estimate of drug-likeness (QED) is 0.653. The Labute approximate surface area is 141 Å². The van der Waals surface area contributed by atoms with E-state index in [9.17, 15) is 4.79 Å². The summed E-state index contributed by atoms with van der Waals surface area (Å²) < 4.78 is 11.2. The summed E-state index contributed by atoms with van der Waals surface area (Å²) in [6, 6.07) is 3.48. The van der Waals surface area contributed by atoms with Crippen LogP contribution in [0.15, 0.2) is 28.2 Å². The minimum atomic E-state index is -0.495. The fourth-order valence-electron chi connectivity index (χ4n) is 1.96. The van der Waals surface area contributed by atoms with Gasteiger partial charge in [-0.1, -0.05) is 23.2 Å². The molecule has 120 valence electrons. The second-order valence-corrected chi connectivity index (χ2v) is 5.46. The molecule has 9 heteroatoms. The van der Waals surface area contributed by atoms with Crippen LogP contribution < -0.4 is 20.5 Å². The number of H-pyrrole nitrogens is 1. The summed E-state index contributed by atoms with van der Waals surface area (Å²) in [7, 11) is 0. The van der Waals surface area contributed by atoms with Gasteiger partial charge in [0.05, 0.1) is 30.6 Å². The number of aromatic nitrogens is 2. The third kappa shape index (κ3) is 3.57. The molecule has 23 heavy (non-hydrogen) atoms. The van der Waals surface area contributed by atoms with E-state index in [4.69, 9.17) is 32.7 Å². The molecule has 3 rings (SSSR count). The van der Waals surface area contributed by atoms with E-state index >= 15 is 0 Å². The molecule has 2 aromatic rings. The summed E-state index contributed by atoms with van der Waals surface area (Å²) in [5, 5.41) is 10.3. The molecule has 0 saturated carbocycles. The fraction of sp³-hybridized carbons (Fsp3) is 0.214. The van der Waals surface area contributed by atoms with Crippen molar-refractivity contribution < 1.29 is 9.47 Å². The molecular weight excluding hydrogens is 343 g/mol. The van der Waals surface area contributed by atoms with Crippen LogP contribution in [-0.4, -0.2) is 29.6 Å². The lowest BCUT2D eigenvalue weighted by Crippen LogP contribution is -2.10. The Balaban J connectivity index is 1.80. The Morgan fingerprint density at radius 3 is 3.00 bits per heavy atom. The molecule has 1 aliphatic heterocycles. The van der Waals surface area contributed by atoms with Crippen molar-refractivity contribution in [1.82, 2.24) is 10.2 Å². The molecule has 0 unspecified atom stereocenters. The number of hydrogen-bond acceptors (Lipinski definition) is 6. The molecule has 0 saturated heterocycles. The minimum Gasteiger partial charge on any atom is -0.489 e. The number of anilines is 1. The molecule has 7 nitrogen and oxygen atoms in total. The van der Waals surface area contributed by atoms with Gasteiger partial charge in [-0.15, -0.1) is 0 Å². The van der Waals surface area contributed by atoms with Crippen molar-refractivity contribution in [1.29, 1.82) is 0 Å². The molecule has 1 aliphatic rings. The molecule has 0 spiro atoms. The molecule has 0 fully saturated rings. The average molecular weight is 355 g/mol. The van der Waals surface area contributed by atoms with E-state index in [1.54, 1.807) is 12.1 Å². The van der Waals surface area contributed by atoms with Gasteiger partial charge in [0, 0.05) is 6.42 Å². The topological polar surface area (TPSA) is 88.6 Å². The fourth-order valence-corrected chi connectivity index (χ4v) is 2.37. The largest absolute Gasteiger partial charge is 0.489 e. The Morgan fingerprint density at radius 2 is 2.13 bits per heavy atom. The third-order valence-electron chi connectivity index (χ3n) is 3.02. The maximum atomic E-state index is 11.3. The van der Waals surface area contributed by atoms with Gasteiger partial charge in [-0.25, -0.2) is 5.10 Å². The number of fused-ring (bicyclic) bond motifs is 1. The van der Waals surface area contributed by atoms with Crippen molar-refractivity contribution in [2.24, 2.45) is 5.10 Å². The number of rotatable bonds is 3. The van der Waals surface area contributed by atoms with Gasteiger partial charge >= 0.3 is 0 Å². The van der Waals surface area contributed by atoms with E-state index < -0.39 is 5.56 Å². The first-order valence-corrected chi connectivity index (χ1v) is 7.52. The van der Waals surface area contributed by atoms with Crippen molar-refractivity contribution in [3.63, 3.8) is 0 Å². The van der Waals surface area contributed by atoms with Crippen LogP contribution in [0.4, 0.5) is 5.69 Å². The number of hydrogen-bond donors (Lipinski definition) is 2. The monoisotopic (exact) mass is 354 g/mol. The van der Waals surface area contributed by atoms with Crippen molar-refractivity contribution in [2.75, 3.05) is 18.6 Å². The Bertz CT molecular complexity index is 807. The molecule has 0 atom stereocenters. The Kier molecular flexibility index (Phi) is 4.68. The van der Waals surface area contributed by atoms with Crippen LogP contribution in [0.3, 0.4) is 0 Å². The molecule has 0 amide bonds. The van der Waals surface area contributed by atoms with Crippen LogP contribution in [0.2, 0.25) is 10.0 Å². The van der Waals surface area contributed by atoms with Crippen molar-refractivity contribution in [2.45, 2.75) is 6.42 Å². The standard InChI is InChI=1S/C14H12Cl2N4O3/c15-9-4-8(5-11-13(9)23-3-1-2-22-11)6-17-19-10-7-18-20-14(21)12(10)16/h4-7H,1-3H2,(H2,19,20,21)/b17-6-. The van der Waals surface area contributed by atoms with Crippen LogP contribution in [-0.2, 0) is 0 Å². The van der Waals surface area contributed by atoms with Crippen molar-refractivity contribution >= 4 is 35.1 Å². The first kappa shape index (κ1) is 15.6. The number of halogens is 2. The van der Waals surface area contributed by atoms with Gasteiger partial charge in [-0.05, 0) is 17.7 Å². The zero-order chi connectivity index (χ0) is 16.2. The van der Waals surface area contributed by atoms with Gasteiger partial charge in [0.1, 0.15) is 10.7 Å². The maximum Gasteiger partial charge on any atom is 0.285 e. The summed E-state index contributed by atoms with van der Waals surface area (Å²) in [6.45, 7) is 1.13. The van der Waals surface area contributed by atoms with Gasteiger partial charge in [0.25, 0.3) is 5.56 Å². The highest BCUT2D eigenvalue weighted by molar-refractivity contribution is 6.33. The van der Waals surface area contributed by atoms with E-state index in [1.807, 2.05) is 0 Å². The summed E-state index contributed by atoms with van der Waals surface area (Å²) >= 11 is 12.0. The summed E-state index contributed by atoms with van der Waals surface area (Å²) in [6.07, 6.45) is 3.68. The molecule has 0 aliphatic carbocycles. The van der Waals surface area contributed by atoms with E-state index in [2.05, 4.69) is 20.7 Å². The van der Waals surface area contributed by atoms with Gasteiger partial charge < -0.3 is 9.47 Å². The lowest BCUT2D eigenvalue weighted by Gasteiger charge is -2.09. The van der Waals surface area contributed by atoms with Gasteiger partial charge in [-0.2, -0.15) is 10.2 Å². The van der Waals surface area contributed by atoms with Crippen LogP contribution in [0.5, 0.6) is 11.5 Å². The lowest BCUT2D eigenvalue weighted by molar-refractivity contribution is 0.297. The number of hydrazone groups is 1. The SMILES string of the molecule is O=c1[nH]ncc(N/N=C\c2cc(Cl)c3c(c2)OCCCO3)c1Cl. The highest BCUT2D eigenvalue weighted by atomic mass is 35.5. The minimum absolute atomic E-state index is 0.0196. The molecule has 0 bridgehead atoms. The van der Waals surface area contributed by atoms with Gasteiger partial charge in [0.15, 0.2) is 11.5 Å². The normalized spacial score (nSPS) is 13.8. The first-order chi connectivity index (χ1) is 11.1. The Hall–Kier alpha value is -2.25. The second kappa shape index (κ2) is 6.89. The van der Waals surface area contributed by atoms with Gasteiger partial charge in [0.2, 0.25) is 0 Å². The average Bonchev–Trinajstić information content (AvgIpc) is 2.77. The lowest BCUT2D eigenvalue weighted by atomic mass is 10.2. The van der Waals surface area contributed by atoms with E-state index in [0.717, 1.165) is 6.42 Å².